The molecular formula is C11H11N3O3. The number of nitrogens with one attached hydrogen (secondary N) is 1. The van der Waals surface area contributed by atoms with E-state index < -0.39 is 11.2 Å². The van der Waals surface area contributed by atoms with Crippen molar-refractivity contribution < 1.29 is 4.79 Å². The highest BCUT2D eigenvalue weighted by atomic mass is 16.2. The molecule has 2 aromatic rings. The molecular weight excluding hydrogens is 222 g/mol. The van der Waals surface area contributed by atoms with Gasteiger partial charge < -0.3 is 4.57 Å². The lowest BCUT2D eigenvalue weighted by molar-refractivity contribution is 0.0962. The summed E-state index contributed by atoms with van der Waals surface area (Å²) < 4.78 is 2.84. The number of hydrogen-bond acceptors (Lipinski definition) is 3. The van der Waals surface area contributed by atoms with Gasteiger partial charge in [0, 0.05) is 25.5 Å². The van der Waals surface area contributed by atoms with Crippen LogP contribution in [-0.4, -0.2) is 19.9 Å². The molecule has 0 aliphatic carbocycles. The van der Waals surface area contributed by atoms with Crippen LogP contribution in [0.25, 0.3) is 0 Å². The van der Waals surface area contributed by atoms with E-state index in [1.807, 2.05) is 0 Å². The van der Waals surface area contributed by atoms with Crippen molar-refractivity contribution in [2.75, 3.05) is 0 Å². The van der Waals surface area contributed by atoms with Crippen LogP contribution in [0.15, 0.2) is 40.2 Å². The topological polar surface area (TPSA) is 76.9 Å². The number of ketones is 1. The van der Waals surface area contributed by atoms with Gasteiger partial charge in [-0.15, -0.1) is 0 Å². The number of H-pyrrole nitrogens is 1. The molecule has 6 heteroatoms. The van der Waals surface area contributed by atoms with Gasteiger partial charge in [-0.2, -0.15) is 0 Å². The van der Waals surface area contributed by atoms with Crippen molar-refractivity contribution in [3.63, 3.8) is 0 Å². The highest BCUT2D eigenvalue weighted by Gasteiger charge is 2.10. The van der Waals surface area contributed by atoms with Crippen molar-refractivity contribution in [3.8, 4) is 0 Å². The van der Waals surface area contributed by atoms with Crippen LogP contribution in [0.2, 0.25) is 0 Å². The van der Waals surface area contributed by atoms with Gasteiger partial charge in [-0.1, -0.05) is 0 Å². The third-order valence-electron chi connectivity index (χ3n) is 2.44. The molecule has 88 valence electrons. The molecule has 0 spiro atoms. The first kappa shape index (κ1) is 11.1. The number of hydrogen-bond donors (Lipinski definition) is 1. The van der Waals surface area contributed by atoms with Crippen LogP contribution in [0, 0.1) is 0 Å². The van der Waals surface area contributed by atoms with Crippen LogP contribution >= 0.6 is 0 Å². The van der Waals surface area contributed by atoms with E-state index in [9.17, 15) is 14.4 Å². The largest absolute Gasteiger partial charge is 0.348 e. The zero-order valence-corrected chi connectivity index (χ0v) is 9.21. The Kier molecular flexibility index (Phi) is 2.78. The Morgan fingerprint density at radius 2 is 2.06 bits per heavy atom. The summed E-state index contributed by atoms with van der Waals surface area (Å²) in [6, 6.07) is 4.64. The minimum atomic E-state index is -0.583. The van der Waals surface area contributed by atoms with E-state index in [-0.39, 0.29) is 12.3 Å². The molecule has 1 N–H and O–H groups in total. The quantitative estimate of drug-likeness (QED) is 0.743. The lowest BCUT2D eigenvalue weighted by atomic mass is 10.3. The number of carbonyl (C=O) groups excluding carboxylic acids is 1. The fourth-order valence-corrected chi connectivity index (χ4v) is 1.56. The van der Waals surface area contributed by atoms with Crippen molar-refractivity contribution in [3.05, 3.63) is 57.1 Å². The minimum Gasteiger partial charge on any atom is -0.348 e. The van der Waals surface area contributed by atoms with E-state index in [2.05, 4.69) is 4.98 Å². The second-order valence-electron chi connectivity index (χ2n) is 3.67. The summed E-state index contributed by atoms with van der Waals surface area (Å²) in [5, 5.41) is 0. The van der Waals surface area contributed by atoms with Gasteiger partial charge >= 0.3 is 5.69 Å². The Morgan fingerprint density at radius 1 is 1.29 bits per heavy atom. The Labute approximate surface area is 96.1 Å². The summed E-state index contributed by atoms with van der Waals surface area (Å²) >= 11 is 0. The number of nitrogens with zero attached hydrogens (tertiary/aromatic N) is 2. The number of aromatic nitrogens is 3. The van der Waals surface area contributed by atoms with E-state index in [0.717, 1.165) is 4.57 Å². The monoisotopic (exact) mass is 233 g/mol. The molecule has 0 fully saturated rings. The van der Waals surface area contributed by atoms with Crippen LogP contribution in [-0.2, 0) is 13.6 Å². The van der Waals surface area contributed by atoms with Gasteiger partial charge in [0.05, 0.1) is 12.2 Å². The number of aryl methyl sites for hydroxylation is 1. The molecule has 2 aromatic heterocycles. The van der Waals surface area contributed by atoms with Crippen molar-refractivity contribution in [2.24, 2.45) is 7.05 Å². The third-order valence-corrected chi connectivity index (χ3v) is 2.44. The molecule has 0 radical (unpaired) electrons. The number of aromatic amines is 1. The van der Waals surface area contributed by atoms with Crippen LogP contribution < -0.4 is 11.2 Å². The normalized spacial score (nSPS) is 10.4. The summed E-state index contributed by atoms with van der Waals surface area (Å²) in [5.74, 6) is -0.188. The number of Topliss-reactive ketones (excluding diaryl/α,β-unsaturated/α-hetero) is 1. The summed E-state index contributed by atoms with van der Waals surface area (Å²) in [6.45, 7) is -0.0898. The first-order valence-corrected chi connectivity index (χ1v) is 5.02. The average Bonchev–Trinajstić information content (AvgIpc) is 2.68. The summed E-state index contributed by atoms with van der Waals surface area (Å²) in [4.78, 5) is 36.2. The fourth-order valence-electron chi connectivity index (χ4n) is 1.56. The number of carbonyl (C=O) groups is 1. The van der Waals surface area contributed by atoms with Gasteiger partial charge in [0.1, 0.15) is 0 Å². The summed E-state index contributed by atoms with van der Waals surface area (Å²) in [5.41, 5.74) is -0.541. The van der Waals surface area contributed by atoms with Gasteiger partial charge in [0.15, 0.2) is 5.78 Å². The molecule has 2 rings (SSSR count). The van der Waals surface area contributed by atoms with Gasteiger partial charge in [-0.25, -0.2) is 4.79 Å². The van der Waals surface area contributed by atoms with Gasteiger partial charge in [0.25, 0.3) is 5.56 Å². The van der Waals surface area contributed by atoms with Gasteiger partial charge in [-0.05, 0) is 12.1 Å². The zero-order valence-electron chi connectivity index (χ0n) is 9.21. The SMILES string of the molecule is Cn1cccc1C(=O)Cn1ccc(=O)[nH]c1=O. The molecule has 0 aromatic carbocycles. The van der Waals surface area contributed by atoms with E-state index in [0.29, 0.717) is 5.69 Å². The highest BCUT2D eigenvalue weighted by Crippen LogP contribution is 2.01. The van der Waals surface area contributed by atoms with E-state index in [4.69, 9.17) is 0 Å². The molecule has 6 nitrogen and oxygen atoms in total. The molecule has 0 bridgehead atoms. The minimum absolute atomic E-state index is 0.0898. The van der Waals surface area contributed by atoms with Gasteiger partial charge in [0.2, 0.25) is 0 Å². The highest BCUT2D eigenvalue weighted by molar-refractivity contribution is 5.94. The molecule has 0 unspecified atom stereocenters. The molecule has 2 heterocycles. The summed E-state index contributed by atoms with van der Waals surface area (Å²) in [6.07, 6.45) is 3.06. The molecule has 0 aliphatic rings. The Hall–Kier alpha value is -2.37. The second-order valence-corrected chi connectivity index (χ2v) is 3.67. The average molecular weight is 233 g/mol. The van der Waals surface area contributed by atoms with Crippen LogP contribution in [0.5, 0.6) is 0 Å². The van der Waals surface area contributed by atoms with Crippen LogP contribution in [0.3, 0.4) is 0 Å². The Morgan fingerprint density at radius 3 is 2.65 bits per heavy atom. The Balaban J connectivity index is 2.28. The van der Waals surface area contributed by atoms with Crippen molar-refractivity contribution in [2.45, 2.75) is 6.54 Å². The second kappa shape index (κ2) is 4.25. The Bertz CT molecular complexity index is 663. The first-order valence-electron chi connectivity index (χ1n) is 5.02. The predicted molar refractivity (Wildman–Crippen MR) is 61.1 cm³/mol. The van der Waals surface area contributed by atoms with Crippen LogP contribution in [0.4, 0.5) is 0 Å². The molecule has 0 atom stereocenters. The third kappa shape index (κ3) is 2.25. The summed E-state index contributed by atoms with van der Waals surface area (Å²) in [7, 11) is 1.75. The number of rotatable bonds is 3. The van der Waals surface area contributed by atoms with Crippen LogP contribution in [0.1, 0.15) is 10.5 Å². The van der Waals surface area contributed by atoms with E-state index in [1.165, 1.54) is 12.3 Å². The van der Waals surface area contributed by atoms with E-state index in [1.54, 1.807) is 29.9 Å². The molecule has 17 heavy (non-hydrogen) atoms. The maximum atomic E-state index is 11.9. The molecule has 0 saturated heterocycles. The fraction of sp³-hybridized carbons (Fsp3) is 0.182. The molecule has 0 aliphatic heterocycles. The van der Waals surface area contributed by atoms with E-state index >= 15 is 0 Å². The standard InChI is InChI=1S/C11H11N3O3/c1-13-5-2-3-8(13)9(15)7-14-6-4-10(16)12-11(14)17/h2-6H,7H2,1H3,(H,12,16,17). The first-order chi connectivity index (χ1) is 8.08. The van der Waals surface area contributed by atoms with Crippen molar-refractivity contribution >= 4 is 5.78 Å². The molecule has 0 amide bonds. The zero-order chi connectivity index (χ0) is 12.4. The lowest BCUT2D eigenvalue weighted by Gasteiger charge is -2.04. The lowest BCUT2D eigenvalue weighted by Crippen LogP contribution is -2.31. The maximum Gasteiger partial charge on any atom is 0.328 e. The van der Waals surface area contributed by atoms with Gasteiger partial charge in [-0.3, -0.25) is 19.1 Å². The maximum absolute atomic E-state index is 11.9. The predicted octanol–water partition coefficient (Wildman–Crippen LogP) is -0.242. The van der Waals surface area contributed by atoms with Crippen molar-refractivity contribution in [1.29, 1.82) is 0 Å². The molecule has 0 saturated carbocycles. The smallest absolute Gasteiger partial charge is 0.328 e. The van der Waals surface area contributed by atoms with Crippen molar-refractivity contribution in [1.82, 2.24) is 14.1 Å².